The van der Waals surface area contributed by atoms with Crippen molar-refractivity contribution in [3.63, 3.8) is 0 Å². The molecule has 35 heavy (non-hydrogen) atoms. The third-order valence-corrected chi connectivity index (χ3v) is 5.32. The van der Waals surface area contributed by atoms with Crippen molar-refractivity contribution in [2.75, 3.05) is 19.0 Å². The van der Waals surface area contributed by atoms with Crippen LogP contribution in [-0.4, -0.2) is 47.0 Å². The zero-order chi connectivity index (χ0) is 25.4. The number of aromatic nitrogens is 3. The molecule has 2 aromatic heterocycles. The van der Waals surface area contributed by atoms with Crippen molar-refractivity contribution in [1.82, 2.24) is 15.0 Å². The first-order valence-corrected chi connectivity index (χ1v) is 11.3. The molecule has 0 saturated heterocycles. The first-order chi connectivity index (χ1) is 16.8. The molecule has 8 nitrogen and oxygen atoms in total. The maximum Gasteiger partial charge on any atom is 0.248 e. The Bertz CT molecular complexity index is 1310. The summed E-state index contributed by atoms with van der Waals surface area (Å²) in [5.74, 6) is 0.309. The molecule has 0 aliphatic rings. The molecule has 0 unspecified atom stereocenters. The fourth-order valence-electron chi connectivity index (χ4n) is 3.50. The van der Waals surface area contributed by atoms with E-state index in [1.54, 1.807) is 19.2 Å². The van der Waals surface area contributed by atoms with E-state index in [9.17, 15) is 4.79 Å². The molecule has 8 heteroatoms. The van der Waals surface area contributed by atoms with Gasteiger partial charge in [0.1, 0.15) is 12.2 Å². The standard InChI is InChI=1S/C27H31N7O/c1-6-20(14-13-18(2)30-17-29-4)25-26(23-12-7-9-19(3)31-23)33-24(32-25)16-34(5)22-11-8-10-21(15-22)27(28)35/h6-15,17H,16H2,1-5H3,(H2,28,35)(H,32,33)/b14-13-,20-6+,29-17-,30-18+. The number of pyridine rings is 1. The van der Waals surface area contributed by atoms with E-state index >= 15 is 0 Å². The Balaban J connectivity index is 2.00. The number of primary amides is 1. The summed E-state index contributed by atoms with van der Waals surface area (Å²) in [6.45, 7) is 6.35. The Hall–Kier alpha value is -4.33. The average molecular weight is 470 g/mol. The van der Waals surface area contributed by atoms with Gasteiger partial charge in [-0.25, -0.2) is 9.98 Å². The van der Waals surface area contributed by atoms with Gasteiger partial charge < -0.3 is 15.6 Å². The maximum atomic E-state index is 11.6. The van der Waals surface area contributed by atoms with Crippen LogP contribution in [0.15, 0.2) is 70.7 Å². The number of aryl methyl sites for hydroxylation is 1. The number of hydrogen-bond donors (Lipinski definition) is 2. The highest BCUT2D eigenvalue weighted by Gasteiger charge is 2.17. The molecule has 3 aromatic rings. The molecule has 180 valence electrons. The SMILES string of the molecule is C\C=C(/C=C\C(C)=N\C=N/C)c1nc(CN(C)c2cccc(C(N)=O)c2)[nH]c1-c1cccc(C)n1. The predicted octanol–water partition coefficient (Wildman–Crippen LogP) is 4.59. The molecule has 0 atom stereocenters. The van der Waals surface area contributed by atoms with Crippen LogP contribution in [0.25, 0.3) is 17.0 Å². The van der Waals surface area contributed by atoms with Crippen LogP contribution >= 0.6 is 0 Å². The lowest BCUT2D eigenvalue weighted by Crippen LogP contribution is -2.18. The Morgan fingerprint density at radius 2 is 1.94 bits per heavy atom. The fraction of sp³-hybridized carbons (Fsp3) is 0.222. The maximum absolute atomic E-state index is 11.6. The lowest BCUT2D eigenvalue weighted by atomic mass is 10.1. The highest BCUT2D eigenvalue weighted by atomic mass is 16.1. The van der Waals surface area contributed by atoms with Gasteiger partial charge in [-0.15, -0.1) is 0 Å². The molecule has 0 radical (unpaired) electrons. The molecule has 0 aliphatic carbocycles. The van der Waals surface area contributed by atoms with Crippen molar-refractivity contribution >= 4 is 29.2 Å². The number of amides is 1. The number of aromatic amines is 1. The van der Waals surface area contributed by atoms with E-state index in [0.29, 0.717) is 12.1 Å². The van der Waals surface area contributed by atoms with Crippen molar-refractivity contribution in [3.05, 3.63) is 83.5 Å². The highest BCUT2D eigenvalue weighted by Crippen LogP contribution is 2.28. The molecule has 1 aromatic carbocycles. The van der Waals surface area contributed by atoms with Crippen LogP contribution in [0.1, 0.15) is 41.4 Å². The lowest BCUT2D eigenvalue weighted by molar-refractivity contribution is 0.100. The van der Waals surface area contributed by atoms with Crippen molar-refractivity contribution in [2.45, 2.75) is 27.3 Å². The second-order valence-electron chi connectivity index (χ2n) is 8.06. The number of carbonyl (C=O) groups excluding carboxylic acids is 1. The van der Waals surface area contributed by atoms with Crippen LogP contribution in [0.3, 0.4) is 0 Å². The molecular formula is C27H31N7O. The normalized spacial score (nSPS) is 12.6. The summed E-state index contributed by atoms with van der Waals surface area (Å²) in [5.41, 5.74) is 11.9. The van der Waals surface area contributed by atoms with E-state index in [4.69, 9.17) is 15.7 Å². The van der Waals surface area contributed by atoms with Crippen LogP contribution in [0.2, 0.25) is 0 Å². The topological polar surface area (TPSA) is 113 Å². The Morgan fingerprint density at radius 3 is 2.63 bits per heavy atom. The number of nitrogens with one attached hydrogen (secondary N) is 1. The Kier molecular flexibility index (Phi) is 8.45. The lowest BCUT2D eigenvalue weighted by Gasteiger charge is -2.18. The first-order valence-electron chi connectivity index (χ1n) is 11.3. The predicted molar refractivity (Wildman–Crippen MR) is 144 cm³/mol. The number of anilines is 1. The van der Waals surface area contributed by atoms with Crippen LogP contribution in [0, 0.1) is 6.92 Å². The largest absolute Gasteiger partial charge is 0.367 e. The molecular weight excluding hydrogens is 438 g/mol. The van der Waals surface area contributed by atoms with E-state index in [-0.39, 0.29) is 0 Å². The Labute approximate surface area is 206 Å². The molecule has 2 heterocycles. The number of nitrogens with two attached hydrogens (primary N) is 1. The van der Waals surface area contributed by atoms with Crippen molar-refractivity contribution < 1.29 is 4.79 Å². The summed E-state index contributed by atoms with van der Waals surface area (Å²) in [7, 11) is 3.63. The van der Waals surface area contributed by atoms with Gasteiger partial charge in [-0.05, 0) is 62.8 Å². The minimum absolute atomic E-state index is 0.457. The number of aliphatic imine (C=N–C) groups is 2. The number of imidazole rings is 1. The second kappa shape index (κ2) is 11.7. The van der Waals surface area contributed by atoms with E-state index < -0.39 is 5.91 Å². The molecule has 3 rings (SSSR count). The first kappa shape index (κ1) is 25.3. The monoisotopic (exact) mass is 469 g/mol. The summed E-state index contributed by atoms with van der Waals surface area (Å²) >= 11 is 0. The summed E-state index contributed by atoms with van der Waals surface area (Å²) in [6, 6.07) is 13.1. The molecule has 0 bridgehead atoms. The average Bonchev–Trinajstić information content (AvgIpc) is 3.26. The van der Waals surface area contributed by atoms with E-state index in [1.807, 2.05) is 81.3 Å². The summed E-state index contributed by atoms with van der Waals surface area (Å²) in [5, 5.41) is 0. The Morgan fingerprint density at radius 1 is 1.17 bits per heavy atom. The van der Waals surface area contributed by atoms with Gasteiger partial charge in [0.25, 0.3) is 0 Å². The molecule has 1 amide bonds. The number of rotatable bonds is 9. The van der Waals surface area contributed by atoms with Gasteiger partial charge in [-0.2, -0.15) is 0 Å². The van der Waals surface area contributed by atoms with Crippen molar-refractivity contribution in [3.8, 4) is 11.4 Å². The van der Waals surface area contributed by atoms with Crippen LogP contribution < -0.4 is 10.6 Å². The van der Waals surface area contributed by atoms with E-state index in [2.05, 4.69) is 15.0 Å². The number of benzene rings is 1. The zero-order valence-corrected chi connectivity index (χ0v) is 20.8. The molecule has 0 spiro atoms. The van der Waals surface area contributed by atoms with Gasteiger partial charge in [0.05, 0.1) is 23.6 Å². The number of nitrogens with zero attached hydrogens (tertiary/aromatic N) is 5. The van der Waals surface area contributed by atoms with Gasteiger partial charge in [0, 0.05) is 36.8 Å². The fourth-order valence-corrected chi connectivity index (χ4v) is 3.50. The minimum Gasteiger partial charge on any atom is -0.367 e. The number of allylic oxidation sites excluding steroid dienone is 4. The van der Waals surface area contributed by atoms with Gasteiger partial charge >= 0.3 is 0 Å². The third-order valence-electron chi connectivity index (χ3n) is 5.32. The summed E-state index contributed by atoms with van der Waals surface area (Å²) in [4.78, 5) is 34.9. The van der Waals surface area contributed by atoms with Crippen LogP contribution in [0.5, 0.6) is 0 Å². The molecule has 0 saturated carbocycles. The van der Waals surface area contributed by atoms with Gasteiger partial charge in [0.15, 0.2) is 0 Å². The molecule has 3 N–H and O–H groups in total. The van der Waals surface area contributed by atoms with Crippen molar-refractivity contribution in [1.29, 1.82) is 0 Å². The van der Waals surface area contributed by atoms with E-state index in [1.165, 1.54) is 6.34 Å². The van der Waals surface area contributed by atoms with Gasteiger partial charge in [0.2, 0.25) is 5.91 Å². The highest BCUT2D eigenvalue weighted by molar-refractivity contribution is 5.99. The number of H-pyrrole nitrogens is 1. The summed E-state index contributed by atoms with van der Waals surface area (Å²) < 4.78 is 0. The van der Waals surface area contributed by atoms with Gasteiger partial charge in [-0.1, -0.05) is 24.3 Å². The van der Waals surface area contributed by atoms with Gasteiger partial charge in [-0.3, -0.25) is 14.8 Å². The molecule has 0 fully saturated rings. The minimum atomic E-state index is -0.457. The number of carbonyl (C=O) groups is 1. The van der Waals surface area contributed by atoms with Crippen LogP contribution in [0.4, 0.5) is 5.69 Å². The molecule has 0 aliphatic heterocycles. The number of hydrogen-bond acceptors (Lipinski definition) is 5. The zero-order valence-electron chi connectivity index (χ0n) is 20.8. The summed E-state index contributed by atoms with van der Waals surface area (Å²) in [6.07, 6.45) is 7.45. The second-order valence-corrected chi connectivity index (χ2v) is 8.06. The van der Waals surface area contributed by atoms with E-state index in [0.717, 1.165) is 45.6 Å². The van der Waals surface area contributed by atoms with Crippen LogP contribution in [-0.2, 0) is 6.54 Å². The quantitative estimate of drug-likeness (QED) is 0.271. The third kappa shape index (κ3) is 6.60. The smallest absolute Gasteiger partial charge is 0.248 e. The van der Waals surface area contributed by atoms with Crippen molar-refractivity contribution in [2.24, 2.45) is 15.7 Å².